The van der Waals surface area contributed by atoms with Crippen LogP contribution in [-0.4, -0.2) is 75.6 Å². The van der Waals surface area contributed by atoms with Crippen LogP contribution in [0.1, 0.15) is 57.1 Å². The molecule has 252 valence electrons. The number of halogens is 1. The number of nitrogens with one attached hydrogen (secondary N) is 2. The number of nitrogens with two attached hydrogens (primary N) is 1. The minimum Gasteiger partial charge on any atom is -0.493 e. The summed E-state index contributed by atoms with van der Waals surface area (Å²) in [5.74, 6) is 1.30. The van der Waals surface area contributed by atoms with Crippen LogP contribution in [-0.2, 0) is 0 Å². The monoisotopic (exact) mass is 659 g/mol. The zero-order chi connectivity index (χ0) is 33.9. The highest BCUT2D eigenvalue weighted by molar-refractivity contribution is 6.32. The third-order valence-electron chi connectivity index (χ3n) is 7.50. The van der Waals surface area contributed by atoms with Gasteiger partial charge in [0.05, 0.1) is 34.1 Å². The molecule has 0 atom stereocenters. The molecule has 10 heteroatoms. The number of benzene rings is 2. The Kier molecular flexibility index (Phi) is 16.8. The Balaban J connectivity index is 1.75. The molecule has 0 aliphatic carbocycles. The Morgan fingerprint density at radius 2 is 1.89 bits per heavy atom. The van der Waals surface area contributed by atoms with Gasteiger partial charge in [-0.3, -0.25) is 9.98 Å². The van der Waals surface area contributed by atoms with Gasteiger partial charge in [-0.1, -0.05) is 36.8 Å². The minimum atomic E-state index is 0.314. The van der Waals surface area contributed by atoms with E-state index in [2.05, 4.69) is 57.7 Å². The Labute approximate surface area is 285 Å². The lowest BCUT2D eigenvalue weighted by Crippen LogP contribution is -2.22. The van der Waals surface area contributed by atoms with E-state index >= 15 is 0 Å². The van der Waals surface area contributed by atoms with Gasteiger partial charge in [0.15, 0.2) is 0 Å². The van der Waals surface area contributed by atoms with Crippen LogP contribution in [0.25, 0.3) is 17.0 Å². The van der Waals surface area contributed by atoms with E-state index in [1.165, 1.54) is 0 Å². The van der Waals surface area contributed by atoms with Gasteiger partial charge in [0.25, 0.3) is 0 Å². The maximum absolute atomic E-state index is 9.98. The Hall–Kier alpha value is -3.94. The van der Waals surface area contributed by atoms with Crippen molar-refractivity contribution in [3.8, 4) is 17.6 Å². The number of nitrogens with zero attached hydrogens (tertiary/aromatic N) is 4. The second-order valence-electron chi connectivity index (χ2n) is 11.2. The van der Waals surface area contributed by atoms with Crippen molar-refractivity contribution in [2.45, 2.75) is 46.0 Å². The van der Waals surface area contributed by atoms with Gasteiger partial charge in [0.2, 0.25) is 0 Å². The number of likely N-dealkylation sites (N-methyl/N-ethyl adjacent to an activating group) is 1. The first-order valence-electron chi connectivity index (χ1n) is 16.5. The molecule has 0 unspecified atom stereocenters. The number of allylic oxidation sites excluding steroid dienone is 1. The third-order valence-corrected chi connectivity index (χ3v) is 7.79. The summed E-state index contributed by atoms with van der Waals surface area (Å²) >= 11 is 6.62. The van der Waals surface area contributed by atoms with Gasteiger partial charge in [0.1, 0.15) is 24.2 Å². The number of hydrogen-bond donors (Lipinski definition) is 3. The average molecular weight is 660 g/mol. The van der Waals surface area contributed by atoms with E-state index in [9.17, 15) is 5.26 Å². The van der Waals surface area contributed by atoms with Crippen LogP contribution in [0, 0.1) is 11.3 Å². The van der Waals surface area contributed by atoms with E-state index in [0.717, 1.165) is 98.4 Å². The molecule has 2 aromatic carbocycles. The summed E-state index contributed by atoms with van der Waals surface area (Å²) in [6.07, 6.45) is 15.2. The van der Waals surface area contributed by atoms with E-state index in [1.54, 1.807) is 19.3 Å². The highest BCUT2D eigenvalue weighted by Crippen LogP contribution is 2.36. The summed E-state index contributed by atoms with van der Waals surface area (Å²) < 4.78 is 11.9. The van der Waals surface area contributed by atoms with Gasteiger partial charge in [-0.05, 0) is 103 Å². The molecule has 47 heavy (non-hydrogen) atoms. The first-order valence-corrected chi connectivity index (χ1v) is 16.9. The number of nitriles is 1. The number of aromatic nitrogens is 1. The molecule has 1 aromatic heterocycles. The van der Waals surface area contributed by atoms with E-state index < -0.39 is 0 Å². The minimum absolute atomic E-state index is 0.314. The van der Waals surface area contributed by atoms with Gasteiger partial charge in [-0.25, -0.2) is 0 Å². The molecule has 0 saturated carbocycles. The van der Waals surface area contributed by atoms with Crippen molar-refractivity contribution in [2.24, 2.45) is 10.7 Å². The first-order chi connectivity index (χ1) is 22.9. The van der Waals surface area contributed by atoms with Crippen molar-refractivity contribution in [3.63, 3.8) is 0 Å². The molecule has 0 aliphatic rings. The fourth-order valence-corrected chi connectivity index (χ4v) is 5.14. The average Bonchev–Trinajstić information content (AvgIpc) is 3.07. The van der Waals surface area contributed by atoms with E-state index in [0.29, 0.717) is 35.2 Å². The van der Waals surface area contributed by atoms with Crippen molar-refractivity contribution in [2.75, 3.05) is 65.3 Å². The van der Waals surface area contributed by atoms with Crippen LogP contribution in [0.4, 0.5) is 11.4 Å². The normalized spacial score (nSPS) is 12.0. The Bertz CT molecular complexity index is 1550. The summed E-state index contributed by atoms with van der Waals surface area (Å²) in [5, 5.41) is 18.1. The number of fused-ring (bicyclic) bond motifs is 1. The standard InChI is InChI=1S/C37H50ClN7O2/c1-5-7-14-31(41-3)27-47-35-16-15-30(23-33(35)38)44-37-29(25-40)26-43-34-24-36(46-6-2)28(22-32(34)37)13-12-21-45(4)20-11-10-19-42-18-9-8-17-39/h7,12-16,22-24,26,42H,5-6,8-11,17-21,27,39H2,1-4H3,(H,43,44)/b13-12+,14-7-,41-31?. The Morgan fingerprint density at radius 3 is 2.60 bits per heavy atom. The van der Waals surface area contributed by atoms with Crippen LogP contribution >= 0.6 is 11.6 Å². The van der Waals surface area contributed by atoms with Crippen LogP contribution in [0.5, 0.6) is 11.5 Å². The number of anilines is 2. The summed E-state index contributed by atoms with van der Waals surface area (Å²) in [7, 11) is 3.87. The van der Waals surface area contributed by atoms with Crippen molar-refractivity contribution in [3.05, 3.63) is 70.9 Å². The van der Waals surface area contributed by atoms with E-state index in [-0.39, 0.29) is 0 Å². The summed E-state index contributed by atoms with van der Waals surface area (Å²) in [5.41, 5.74) is 9.82. The topological polar surface area (TPSA) is 121 Å². The number of ether oxygens (including phenoxy) is 2. The zero-order valence-corrected chi connectivity index (χ0v) is 29.1. The molecular weight excluding hydrogens is 610 g/mol. The smallest absolute Gasteiger partial charge is 0.138 e. The molecule has 9 nitrogen and oxygen atoms in total. The maximum Gasteiger partial charge on any atom is 0.138 e. The van der Waals surface area contributed by atoms with Crippen molar-refractivity contribution < 1.29 is 9.47 Å². The van der Waals surface area contributed by atoms with Crippen LogP contribution < -0.4 is 25.8 Å². The lowest BCUT2D eigenvalue weighted by molar-refractivity contribution is 0.340. The second-order valence-corrected chi connectivity index (χ2v) is 11.6. The van der Waals surface area contributed by atoms with Gasteiger partial charge in [0, 0.05) is 42.5 Å². The molecule has 0 fully saturated rings. The predicted molar refractivity (Wildman–Crippen MR) is 198 cm³/mol. The molecule has 0 radical (unpaired) electrons. The summed E-state index contributed by atoms with van der Waals surface area (Å²) in [6.45, 7) is 9.54. The van der Waals surface area contributed by atoms with Gasteiger partial charge >= 0.3 is 0 Å². The predicted octanol–water partition coefficient (Wildman–Crippen LogP) is 7.37. The molecular formula is C37H50ClN7O2. The largest absolute Gasteiger partial charge is 0.493 e. The fraction of sp³-hybridized carbons (Fsp3) is 0.432. The molecule has 0 saturated heterocycles. The molecule has 3 aromatic rings. The van der Waals surface area contributed by atoms with Gasteiger partial charge in [-0.15, -0.1) is 0 Å². The van der Waals surface area contributed by atoms with Crippen molar-refractivity contribution in [1.29, 1.82) is 5.26 Å². The molecule has 1 heterocycles. The van der Waals surface area contributed by atoms with Crippen LogP contribution in [0.15, 0.2) is 59.7 Å². The first kappa shape index (κ1) is 37.5. The Morgan fingerprint density at radius 1 is 1.09 bits per heavy atom. The highest BCUT2D eigenvalue weighted by Gasteiger charge is 2.14. The van der Waals surface area contributed by atoms with Crippen molar-refractivity contribution in [1.82, 2.24) is 15.2 Å². The molecule has 0 aliphatic heterocycles. The number of unbranched alkanes of at least 4 members (excludes halogenated alkanes) is 2. The van der Waals surface area contributed by atoms with Gasteiger partial charge < -0.3 is 30.7 Å². The van der Waals surface area contributed by atoms with Crippen LogP contribution in [0.2, 0.25) is 5.02 Å². The van der Waals surface area contributed by atoms with Crippen molar-refractivity contribution >= 4 is 45.7 Å². The maximum atomic E-state index is 9.98. The fourth-order valence-electron chi connectivity index (χ4n) is 4.90. The molecule has 0 bridgehead atoms. The number of aliphatic imine (C=N–C) groups is 1. The lowest BCUT2D eigenvalue weighted by atomic mass is 10.0. The second kappa shape index (κ2) is 21.0. The number of hydrogen-bond acceptors (Lipinski definition) is 9. The quantitative estimate of drug-likeness (QED) is 0.0801. The lowest BCUT2D eigenvalue weighted by Gasteiger charge is -2.16. The summed E-state index contributed by atoms with van der Waals surface area (Å²) in [6, 6.07) is 11.7. The molecule has 3 rings (SSSR count). The SMILES string of the molecule is CC/C=C\C(COc1ccc(Nc2c(C#N)cnc3cc(OCC)c(/C=C/CN(C)CCCCNCCCCN)cc23)cc1Cl)=NC. The van der Waals surface area contributed by atoms with Crippen LogP contribution in [0.3, 0.4) is 0 Å². The number of pyridine rings is 1. The van der Waals surface area contributed by atoms with Gasteiger partial charge in [-0.2, -0.15) is 5.26 Å². The zero-order valence-electron chi connectivity index (χ0n) is 28.3. The van der Waals surface area contributed by atoms with E-state index in [4.69, 9.17) is 26.8 Å². The van der Waals surface area contributed by atoms with E-state index in [1.807, 2.05) is 43.3 Å². The third kappa shape index (κ3) is 12.3. The summed E-state index contributed by atoms with van der Waals surface area (Å²) in [4.78, 5) is 11.1. The molecule has 0 spiro atoms. The highest BCUT2D eigenvalue weighted by atomic mass is 35.5. The number of rotatable bonds is 21. The molecule has 0 amide bonds. The molecule has 4 N–H and O–H groups in total.